The Balaban J connectivity index is 1.94. The molecule has 2 amide bonds. The van der Waals surface area contributed by atoms with Crippen LogP contribution >= 0.6 is 34.5 Å². The lowest BCUT2D eigenvalue weighted by atomic mass is 10.1. The van der Waals surface area contributed by atoms with Gasteiger partial charge >= 0.3 is 0 Å². The fourth-order valence-corrected chi connectivity index (χ4v) is 3.38. The SMILES string of the molecule is O=C(Nc1nccs1)/C(=C/c1cccc([N+](=O)[O-])c1)NC(=O)c1ccc(Cl)cc1Cl. The van der Waals surface area contributed by atoms with Crippen molar-refractivity contribution in [2.75, 3.05) is 5.32 Å². The summed E-state index contributed by atoms with van der Waals surface area (Å²) in [5.74, 6) is -1.31. The van der Waals surface area contributed by atoms with E-state index in [1.807, 2.05) is 0 Å². The number of hydrogen-bond donors (Lipinski definition) is 2. The second-order valence-corrected chi connectivity index (χ2v) is 7.52. The Morgan fingerprint density at radius 2 is 1.97 bits per heavy atom. The Labute approximate surface area is 184 Å². The van der Waals surface area contributed by atoms with Gasteiger partial charge in [-0.2, -0.15) is 0 Å². The van der Waals surface area contributed by atoms with Gasteiger partial charge in [-0.25, -0.2) is 4.98 Å². The lowest BCUT2D eigenvalue weighted by molar-refractivity contribution is -0.384. The molecule has 0 aliphatic rings. The molecule has 30 heavy (non-hydrogen) atoms. The predicted molar refractivity (Wildman–Crippen MR) is 116 cm³/mol. The molecule has 152 valence electrons. The number of nitro benzene ring substituents is 1. The van der Waals surface area contributed by atoms with Crippen LogP contribution in [0.5, 0.6) is 0 Å². The van der Waals surface area contributed by atoms with E-state index in [4.69, 9.17) is 23.2 Å². The van der Waals surface area contributed by atoms with Crippen LogP contribution in [-0.2, 0) is 4.79 Å². The summed E-state index contributed by atoms with van der Waals surface area (Å²) in [5, 5.41) is 18.5. The van der Waals surface area contributed by atoms with E-state index in [0.29, 0.717) is 15.7 Å². The number of non-ortho nitro benzene ring substituents is 1. The summed E-state index contributed by atoms with van der Waals surface area (Å²) in [6.45, 7) is 0. The van der Waals surface area contributed by atoms with Gasteiger partial charge in [0.25, 0.3) is 17.5 Å². The standard InChI is InChI=1S/C19H12Cl2N4O4S/c20-12-4-5-14(15(21)10-12)17(26)23-16(18(27)24-19-22-6-7-30-19)9-11-2-1-3-13(8-11)25(28)29/h1-10H,(H,23,26)(H,22,24,27)/b16-9-. The summed E-state index contributed by atoms with van der Waals surface area (Å²) in [6, 6.07) is 9.93. The molecule has 8 nitrogen and oxygen atoms in total. The number of amides is 2. The highest BCUT2D eigenvalue weighted by molar-refractivity contribution is 7.13. The number of carbonyl (C=O) groups excluding carboxylic acids is 2. The smallest absolute Gasteiger partial charge is 0.273 e. The third-order valence-electron chi connectivity index (χ3n) is 3.71. The first-order valence-electron chi connectivity index (χ1n) is 8.27. The van der Waals surface area contributed by atoms with Crippen LogP contribution in [0.4, 0.5) is 10.8 Å². The van der Waals surface area contributed by atoms with Crippen molar-refractivity contribution in [3.05, 3.63) is 91.0 Å². The van der Waals surface area contributed by atoms with Crippen molar-refractivity contribution in [1.29, 1.82) is 0 Å². The van der Waals surface area contributed by atoms with Crippen LogP contribution < -0.4 is 10.6 Å². The zero-order chi connectivity index (χ0) is 21.7. The Bertz CT molecular complexity index is 1150. The van der Waals surface area contributed by atoms with Crippen molar-refractivity contribution >= 4 is 63.2 Å². The van der Waals surface area contributed by atoms with E-state index < -0.39 is 16.7 Å². The van der Waals surface area contributed by atoms with E-state index in [-0.39, 0.29) is 22.0 Å². The molecule has 2 N–H and O–H groups in total. The van der Waals surface area contributed by atoms with Crippen LogP contribution in [0.3, 0.4) is 0 Å². The van der Waals surface area contributed by atoms with Crippen molar-refractivity contribution in [1.82, 2.24) is 10.3 Å². The van der Waals surface area contributed by atoms with Crippen LogP contribution in [0.1, 0.15) is 15.9 Å². The molecular weight excluding hydrogens is 451 g/mol. The summed E-state index contributed by atoms with van der Waals surface area (Å²) < 4.78 is 0. The van der Waals surface area contributed by atoms with Crippen LogP contribution in [0.25, 0.3) is 6.08 Å². The quantitative estimate of drug-likeness (QED) is 0.311. The number of halogens is 2. The highest BCUT2D eigenvalue weighted by Gasteiger charge is 2.18. The molecule has 3 aromatic rings. The summed E-state index contributed by atoms with van der Waals surface area (Å²) >= 11 is 13.1. The summed E-state index contributed by atoms with van der Waals surface area (Å²) in [6.07, 6.45) is 2.83. The summed E-state index contributed by atoms with van der Waals surface area (Å²) in [5.41, 5.74) is 0.140. The van der Waals surface area contributed by atoms with Crippen molar-refractivity contribution in [3.8, 4) is 0 Å². The maximum absolute atomic E-state index is 12.7. The third kappa shape index (κ3) is 5.41. The molecule has 0 fully saturated rings. The number of rotatable bonds is 6. The van der Waals surface area contributed by atoms with Crippen LogP contribution in [0.2, 0.25) is 10.0 Å². The number of anilines is 1. The molecule has 1 aromatic heterocycles. The van der Waals surface area contributed by atoms with Gasteiger partial charge in [-0.05, 0) is 29.8 Å². The lowest BCUT2D eigenvalue weighted by Gasteiger charge is -2.11. The zero-order valence-electron chi connectivity index (χ0n) is 15.0. The minimum absolute atomic E-state index is 0.105. The Morgan fingerprint density at radius 3 is 2.63 bits per heavy atom. The molecule has 3 rings (SSSR count). The molecule has 0 spiro atoms. The van der Waals surface area contributed by atoms with Crippen LogP contribution in [-0.4, -0.2) is 21.7 Å². The maximum atomic E-state index is 12.7. The molecule has 0 atom stereocenters. The number of aromatic nitrogens is 1. The van der Waals surface area contributed by atoms with Gasteiger partial charge in [-0.3, -0.25) is 25.0 Å². The molecule has 0 aliphatic heterocycles. The normalized spacial score (nSPS) is 11.1. The van der Waals surface area contributed by atoms with Crippen LogP contribution in [0.15, 0.2) is 59.7 Å². The summed E-state index contributed by atoms with van der Waals surface area (Å²) in [7, 11) is 0. The number of nitro groups is 1. The van der Waals surface area contributed by atoms with Crippen molar-refractivity contribution < 1.29 is 14.5 Å². The highest BCUT2D eigenvalue weighted by Crippen LogP contribution is 2.22. The largest absolute Gasteiger partial charge is 0.317 e. The number of benzene rings is 2. The Hall–Kier alpha value is -3.27. The Morgan fingerprint density at radius 1 is 1.17 bits per heavy atom. The molecule has 0 unspecified atom stereocenters. The number of nitrogens with one attached hydrogen (secondary N) is 2. The van der Waals surface area contributed by atoms with Gasteiger partial charge in [0.15, 0.2) is 5.13 Å². The highest BCUT2D eigenvalue weighted by atomic mass is 35.5. The molecule has 0 saturated carbocycles. The molecule has 0 radical (unpaired) electrons. The molecule has 1 heterocycles. The average Bonchev–Trinajstić information content (AvgIpc) is 3.20. The van der Waals surface area contributed by atoms with Gasteiger partial charge < -0.3 is 5.32 Å². The van der Waals surface area contributed by atoms with Crippen molar-refractivity contribution in [2.45, 2.75) is 0 Å². The minimum atomic E-state index is -0.658. The first-order chi connectivity index (χ1) is 14.3. The topological polar surface area (TPSA) is 114 Å². The van der Waals surface area contributed by atoms with E-state index in [0.717, 1.165) is 0 Å². The van der Waals surface area contributed by atoms with Gasteiger partial charge in [0.1, 0.15) is 5.70 Å². The van der Waals surface area contributed by atoms with E-state index in [2.05, 4.69) is 15.6 Å². The van der Waals surface area contributed by atoms with Gasteiger partial charge in [0.2, 0.25) is 0 Å². The second kappa shape index (κ2) is 9.49. The van der Waals surface area contributed by atoms with Gasteiger partial charge in [-0.15, -0.1) is 11.3 Å². The fourth-order valence-electron chi connectivity index (χ4n) is 2.37. The number of hydrogen-bond acceptors (Lipinski definition) is 6. The fraction of sp³-hybridized carbons (Fsp3) is 0. The third-order valence-corrected chi connectivity index (χ3v) is 4.95. The number of nitrogens with zero attached hydrogens (tertiary/aromatic N) is 2. The molecule has 11 heteroatoms. The van der Waals surface area contributed by atoms with Gasteiger partial charge in [-0.1, -0.05) is 35.3 Å². The zero-order valence-corrected chi connectivity index (χ0v) is 17.3. The second-order valence-electron chi connectivity index (χ2n) is 5.78. The lowest BCUT2D eigenvalue weighted by Crippen LogP contribution is -2.30. The Kier molecular flexibility index (Phi) is 6.78. The van der Waals surface area contributed by atoms with E-state index in [1.54, 1.807) is 11.4 Å². The van der Waals surface area contributed by atoms with E-state index in [9.17, 15) is 19.7 Å². The first-order valence-corrected chi connectivity index (χ1v) is 9.90. The average molecular weight is 463 g/mol. The van der Waals surface area contributed by atoms with Gasteiger partial charge in [0, 0.05) is 28.7 Å². The molecule has 0 bridgehead atoms. The van der Waals surface area contributed by atoms with E-state index in [1.165, 1.54) is 60.0 Å². The first kappa shape index (κ1) is 21.4. The molecular formula is C19H12Cl2N4O4S. The summed E-state index contributed by atoms with van der Waals surface area (Å²) in [4.78, 5) is 39.8. The van der Waals surface area contributed by atoms with E-state index >= 15 is 0 Å². The van der Waals surface area contributed by atoms with Gasteiger partial charge in [0.05, 0.1) is 15.5 Å². The van der Waals surface area contributed by atoms with Crippen molar-refractivity contribution in [3.63, 3.8) is 0 Å². The van der Waals surface area contributed by atoms with Crippen LogP contribution in [0, 0.1) is 10.1 Å². The number of carbonyl (C=O) groups is 2. The maximum Gasteiger partial charge on any atom is 0.273 e. The molecule has 0 aliphatic carbocycles. The monoisotopic (exact) mass is 462 g/mol. The minimum Gasteiger partial charge on any atom is -0.317 e. The van der Waals surface area contributed by atoms with Crippen molar-refractivity contribution in [2.24, 2.45) is 0 Å². The number of thiazole rings is 1. The predicted octanol–water partition coefficient (Wildman–Crippen LogP) is 4.77. The molecule has 2 aromatic carbocycles. The molecule has 0 saturated heterocycles.